The van der Waals surface area contributed by atoms with Crippen LogP contribution < -0.4 is 4.74 Å². The van der Waals surface area contributed by atoms with Gasteiger partial charge in [0.25, 0.3) is 0 Å². The Morgan fingerprint density at radius 2 is 1.75 bits per heavy atom. The van der Waals surface area contributed by atoms with Gasteiger partial charge in [-0.25, -0.2) is 0 Å². The van der Waals surface area contributed by atoms with Gasteiger partial charge in [0.05, 0.1) is 0 Å². The molecule has 0 radical (unpaired) electrons. The fourth-order valence-corrected chi connectivity index (χ4v) is 2.21. The van der Waals surface area contributed by atoms with E-state index in [0.717, 1.165) is 5.75 Å². The van der Waals surface area contributed by atoms with Crippen LogP contribution in [0.25, 0.3) is 0 Å². The third kappa shape index (κ3) is 1.52. The van der Waals surface area contributed by atoms with Crippen LogP contribution in [0.5, 0.6) is 5.75 Å². The fourth-order valence-electron chi connectivity index (χ4n) is 2.21. The van der Waals surface area contributed by atoms with Crippen molar-refractivity contribution in [3.63, 3.8) is 0 Å². The van der Waals surface area contributed by atoms with Crippen LogP contribution in [0.2, 0.25) is 0 Å². The molecule has 1 aromatic carbocycles. The maximum absolute atomic E-state index is 6.04. The third-order valence-electron chi connectivity index (χ3n) is 4.21. The standard InChI is InChI=1S/C11H18B4O/c1-6(2)7-3-4-9-8(5-7)10(12,13)11(14,15)16-9/h3-6H,12-15H2,1-2H3. The molecule has 0 bridgehead atoms. The number of hydrogen-bond acceptors (Lipinski definition) is 1. The van der Waals surface area contributed by atoms with E-state index in [4.69, 9.17) is 4.74 Å². The topological polar surface area (TPSA) is 9.23 Å². The van der Waals surface area contributed by atoms with Gasteiger partial charge in [-0.1, -0.05) is 26.0 Å². The van der Waals surface area contributed by atoms with Crippen molar-refractivity contribution < 1.29 is 4.74 Å². The molecule has 2 rings (SSSR count). The second-order valence-electron chi connectivity index (χ2n) is 6.15. The molecule has 0 atom stereocenters. The van der Waals surface area contributed by atoms with Crippen LogP contribution in [0, 0.1) is 0 Å². The van der Waals surface area contributed by atoms with E-state index >= 15 is 0 Å². The molecule has 0 aromatic heterocycles. The molecule has 0 saturated heterocycles. The maximum Gasteiger partial charge on any atom is 0.146 e. The van der Waals surface area contributed by atoms with Gasteiger partial charge in [0.1, 0.15) is 37.1 Å². The first kappa shape index (κ1) is 11.8. The Morgan fingerprint density at radius 3 is 2.31 bits per heavy atom. The fraction of sp³-hybridized carbons (Fsp3) is 0.455. The molecule has 0 amide bonds. The predicted molar refractivity (Wildman–Crippen MR) is 79.7 cm³/mol. The highest BCUT2D eigenvalue weighted by atomic mass is 16.5. The summed E-state index contributed by atoms with van der Waals surface area (Å²) in [5.74, 6) is 1.63. The third-order valence-corrected chi connectivity index (χ3v) is 4.21. The molecule has 0 fully saturated rings. The van der Waals surface area contributed by atoms with Gasteiger partial charge in [-0.15, -0.1) is 0 Å². The summed E-state index contributed by atoms with van der Waals surface area (Å²) in [4.78, 5) is 0. The lowest BCUT2D eigenvalue weighted by atomic mass is 9.34. The van der Waals surface area contributed by atoms with Crippen LogP contribution in [0.4, 0.5) is 0 Å². The molecule has 1 heterocycles. The molecule has 16 heavy (non-hydrogen) atoms. The van der Waals surface area contributed by atoms with Crippen LogP contribution in [0.15, 0.2) is 18.2 Å². The van der Waals surface area contributed by atoms with Gasteiger partial charge in [-0.05, 0) is 28.3 Å². The lowest BCUT2D eigenvalue weighted by molar-refractivity contribution is 0.258. The average Bonchev–Trinajstić information content (AvgIpc) is 2.33. The summed E-state index contributed by atoms with van der Waals surface area (Å²) in [6.45, 7) is 4.46. The minimum absolute atomic E-state index is 0.0766. The molecule has 1 aliphatic heterocycles. The second-order valence-corrected chi connectivity index (χ2v) is 6.15. The highest BCUT2D eigenvalue weighted by Gasteiger charge is 2.46. The molecule has 0 N–H and O–H groups in total. The summed E-state index contributed by atoms with van der Waals surface area (Å²) in [7, 11) is 8.87. The first-order chi connectivity index (χ1) is 7.25. The van der Waals surface area contributed by atoms with Crippen molar-refractivity contribution in [3.05, 3.63) is 29.3 Å². The lowest BCUT2D eigenvalue weighted by Crippen LogP contribution is -2.53. The van der Waals surface area contributed by atoms with E-state index in [1.807, 2.05) is 0 Å². The minimum Gasteiger partial charge on any atom is -0.506 e. The number of hydrogen-bond donors (Lipinski definition) is 0. The van der Waals surface area contributed by atoms with Crippen molar-refractivity contribution in [2.24, 2.45) is 0 Å². The number of ether oxygens (including phenoxy) is 1. The highest BCUT2D eigenvalue weighted by molar-refractivity contribution is 6.54. The number of rotatable bonds is 1. The van der Waals surface area contributed by atoms with Crippen molar-refractivity contribution in [2.45, 2.75) is 30.4 Å². The predicted octanol–water partition coefficient (Wildman–Crippen LogP) is -1.46. The van der Waals surface area contributed by atoms with Crippen LogP contribution >= 0.6 is 0 Å². The zero-order chi connectivity index (χ0) is 12.1. The zero-order valence-corrected chi connectivity index (χ0v) is 11.2. The van der Waals surface area contributed by atoms with Crippen molar-refractivity contribution >= 4 is 31.4 Å². The molecular formula is C11H18B4O. The lowest BCUT2D eigenvalue weighted by Gasteiger charge is -2.34. The first-order valence-electron chi connectivity index (χ1n) is 6.09. The van der Waals surface area contributed by atoms with E-state index < -0.39 is 0 Å². The summed E-state index contributed by atoms with van der Waals surface area (Å²) in [6, 6.07) is 6.62. The van der Waals surface area contributed by atoms with Gasteiger partial charge < -0.3 is 4.74 Å². The van der Waals surface area contributed by atoms with Crippen LogP contribution in [-0.2, 0) is 5.21 Å². The zero-order valence-electron chi connectivity index (χ0n) is 11.2. The van der Waals surface area contributed by atoms with Crippen molar-refractivity contribution in [3.8, 4) is 5.75 Å². The molecule has 1 aliphatic rings. The van der Waals surface area contributed by atoms with E-state index in [-0.39, 0.29) is 10.6 Å². The average molecular weight is 210 g/mol. The number of fused-ring (bicyclic) bond motifs is 1. The van der Waals surface area contributed by atoms with Crippen molar-refractivity contribution in [1.29, 1.82) is 0 Å². The second kappa shape index (κ2) is 3.38. The summed E-state index contributed by atoms with van der Waals surface area (Å²) < 4.78 is 6.04. The van der Waals surface area contributed by atoms with Gasteiger partial charge in [0.2, 0.25) is 0 Å². The van der Waals surface area contributed by atoms with Gasteiger partial charge >= 0.3 is 0 Å². The van der Waals surface area contributed by atoms with E-state index in [1.54, 1.807) is 0 Å². The first-order valence-corrected chi connectivity index (χ1v) is 6.09. The molecule has 0 aliphatic carbocycles. The molecule has 1 aromatic rings. The molecule has 0 saturated carbocycles. The summed E-state index contributed by atoms with van der Waals surface area (Å²) in [5.41, 5.74) is 2.75. The van der Waals surface area contributed by atoms with Crippen LogP contribution in [0.3, 0.4) is 0 Å². The normalized spacial score (nSPS) is 20.4. The quantitative estimate of drug-likeness (QED) is 0.514. The Kier molecular flexibility index (Phi) is 2.49. The van der Waals surface area contributed by atoms with Crippen LogP contribution in [-0.4, -0.2) is 36.8 Å². The monoisotopic (exact) mass is 210 g/mol. The Labute approximate surface area is 102 Å². The molecule has 0 spiro atoms. The van der Waals surface area contributed by atoms with Gasteiger partial charge in [-0.3, -0.25) is 0 Å². The highest BCUT2D eigenvalue weighted by Crippen LogP contribution is 2.43. The molecule has 0 unspecified atom stereocenters. The van der Waals surface area contributed by atoms with Gasteiger partial charge in [0, 0.05) is 5.40 Å². The van der Waals surface area contributed by atoms with E-state index in [9.17, 15) is 0 Å². The maximum atomic E-state index is 6.04. The van der Waals surface area contributed by atoms with Crippen LogP contribution in [0.1, 0.15) is 30.9 Å². The molecule has 1 nitrogen and oxygen atoms in total. The van der Waals surface area contributed by atoms with E-state index in [2.05, 4.69) is 63.4 Å². The molecule has 80 valence electrons. The van der Waals surface area contributed by atoms with Crippen molar-refractivity contribution in [2.75, 3.05) is 0 Å². The van der Waals surface area contributed by atoms with Crippen molar-refractivity contribution in [1.82, 2.24) is 0 Å². The van der Waals surface area contributed by atoms with Gasteiger partial charge in [-0.2, -0.15) is 0 Å². The van der Waals surface area contributed by atoms with E-state index in [0.29, 0.717) is 5.92 Å². The largest absolute Gasteiger partial charge is 0.506 e. The molecule has 5 heteroatoms. The van der Waals surface area contributed by atoms with E-state index in [1.165, 1.54) is 11.1 Å². The Bertz CT molecular complexity index is 426. The SMILES string of the molecule is BC1(B)Oc2ccc(C(C)C)cc2C1(B)B. The number of benzene rings is 1. The summed E-state index contributed by atoms with van der Waals surface area (Å²) >= 11 is 0. The summed E-state index contributed by atoms with van der Waals surface area (Å²) in [6.07, 6.45) is 0. The Balaban J connectivity index is 2.55. The minimum atomic E-state index is -0.120. The Hall–Kier alpha value is -0.720. The Morgan fingerprint density at radius 1 is 1.12 bits per heavy atom. The van der Waals surface area contributed by atoms with Gasteiger partial charge in [0.15, 0.2) is 0 Å². The summed E-state index contributed by atoms with van der Waals surface area (Å²) in [5, 5.41) is -0.0435. The molecular weight excluding hydrogens is 191 g/mol. The smallest absolute Gasteiger partial charge is 0.146 e.